The summed E-state index contributed by atoms with van der Waals surface area (Å²) in [6.07, 6.45) is 4.54. The van der Waals surface area contributed by atoms with Gasteiger partial charge in [0.05, 0.1) is 0 Å². The molecule has 0 spiro atoms. The average Bonchev–Trinajstić information content (AvgIpc) is 2.39. The van der Waals surface area contributed by atoms with Crippen molar-refractivity contribution < 1.29 is 0 Å². The van der Waals surface area contributed by atoms with Crippen molar-refractivity contribution in [1.82, 2.24) is 9.97 Å². The van der Waals surface area contributed by atoms with Crippen LogP contribution in [-0.4, -0.2) is 16.0 Å². The lowest BCUT2D eigenvalue weighted by Crippen LogP contribution is -2.31. The van der Waals surface area contributed by atoms with Crippen LogP contribution in [0.25, 0.3) is 0 Å². The maximum Gasteiger partial charge on any atom is 0.134 e. The third-order valence-corrected chi connectivity index (χ3v) is 4.49. The molecule has 2 rings (SSSR count). The van der Waals surface area contributed by atoms with E-state index in [4.69, 9.17) is 5.73 Å². The summed E-state index contributed by atoms with van der Waals surface area (Å²) in [6.45, 7) is 8.74. The summed E-state index contributed by atoms with van der Waals surface area (Å²) >= 11 is 0. The molecule has 1 heterocycles. The van der Waals surface area contributed by atoms with Crippen molar-refractivity contribution in [3.63, 3.8) is 0 Å². The first kappa shape index (κ1) is 14.1. The quantitative estimate of drug-likeness (QED) is 0.878. The van der Waals surface area contributed by atoms with Crippen LogP contribution >= 0.6 is 0 Å². The Balaban J connectivity index is 2.12. The molecule has 1 aliphatic rings. The second kappa shape index (κ2) is 5.76. The van der Waals surface area contributed by atoms with E-state index in [0.717, 1.165) is 35.5 Å². The van der Waals surface area contributed by atoms with Gasteiger partial charge in [-0.3, -0.25) is 0 Å². The molecule has 3 N–H and O–H groups in total. The van der Waals surface area contributed by atoms with Crippen LogP contribution < -0.4 is 11.1 Å². The number of nitrogen functional groups attached to an aromatic ring is 1. The molecule has 1 aromatic heterocycles. The minimum atomic E-state index is 0.518. The molecular formula is C15H26N4. The van der Waals surface area contributed by atoms with Crippen LogP contribution in [0.5, 0.6) is 0 Å². The smallest absolute Gasteiger partial charge is 0.134 e. The van der Waals surface area contributed by atoms with Crippen LogP contribution in [0.4, 0.5) is 11.6 Å². The maximum atomic E-state index is 5.96. The standard InChI is InChI=1S/C15H26N4/c1-5-13-18-14(16)11(4)15(19-13)17-12-7-6-9(2)10(3)8-12/h9-10,12H,5-8H2,1-4H3,(H3,16,17,18,19). The largest absolute Gasteiger partial charge is 0.383 e. The van der Waals surface area contributed by atoms with Gasteiger partial charge in [0.15, 0.2) is 0 Å². The van der Waals surface area contributed by atoms with Gasteiger partial charge in [0.2, 0.25) is 0 Å². The highest BCUT2D eigenvalue weighted by Gasteiger charge is 2.25. The van der Waals surface area contributed by atoms with Crippen molar-refractivity contribution in [3.8, 4) is 0 Å². The van der Waals surface area contributed by atoms with Crippen molar-refractivity contribution in [2.45, 2.75) is 59.4 Å². The third-order valence-electron chi connectivity index (χ3n) is 4.49. The Morgan fingerprint density at radius 2 is 1.95 bits per heavy atom. The molecule has 19 heavy (non-hydrogen) atoms. The lowest BCUT2D eigenvalue weighted by molar-refractivity contribution is 0.260. The molecule has 0 aliphatic heterocycles. The predicted molar refractivity (Wildman–Crippen MR) is 80.1 cm³/mol. The van der Waals surface area contributed by atoms with E-state index < -0.39 is 0 Å². The van der Waals surface area contributed by atoms with Crippen LogP contribution in [0, 0.1) is 18.8 Å². The topological polar surface area (TPSA) is 63.8 Å². The minimum absolute atomic E-state index is 0.518. The molecule has 1 aliphatic carbocycles. The Hall–Kier alpha value is -1.32. The van der Waals surface area contributed by atoms with Gasteiger partial charge in [-0.2, -0.15) is 0 Å². The zero-order chi connectivity index (χ0) is 14.0. The third kappa shape index (κ3) is 3.17. The Kier molecular flexibility index (Phi) is 4.27. The van der Waals surface area contributed by atoms with Gasteiger partial charge >= 0.3 is 0 Å². The summed E-state index contributed by atoms with van der Waals surface area (Å²) < 4.78 is 0. The Labute approximate surface area is 116 Å². The van der Waals surface area contributed by atoms with Crippen molar-refractivity contribution in [3.05, 3.63) is 11.4 Å². The molecule has 106 valence electrons. The van der Waals surface area contributed by atoms with Gasteiger partial charge in [-0.25, -0.2) is 9.97 Å². The number of nitrogens with zero attached hydrogens (tertiary/aromatic N) is 2. The second-order valence-electron chi connectivity index (χ2n) is 5.96. The normalized spacial score (nSPS) is 27.3. The number of anilines is 2. The van der Waals surface area contributed by atoms with E-state index in [1.165, 1.54) is 19.3 Å². The van der Waals surface area contributed by atoms with Gasteiger partial charge in [-0.05, 0) is 38.0 Å². The van der Waals surface area contributed by atoms with Crippen LogP contribution in [0.1, 0.15) is 51.4 Å². The summed E-state index contributed by atoms with van der Waals surface area (Å²) in [5, 5.41) is 3.58. The lowest BCUT2D eigenvalue weighted by atomic mass is 9.79. The molecule has 0 saturated heterocycles. The second-order valence-corrected chi connectivity index (χ2v) is 5.96. The Bertz CT molecular complexity index is 444. The van der Waals surface area contributed by atoms with Gasteiger partial charge in [0, 0.05) is 18.0 Å². The molecule has 1 aromatic rings. The highest BCUT2D eigenvalue weighted by molar-refractivity contribution is 5.55. The molecule has 3 atom stereocenters. The number of nitrogens with one attached hydrogen (secondary N) is 1. The minimum Gasteiger partial charge on any atom is -0.383 e. The Morgan fingerprint density at radius 1 is 1.21 bits per heavy atom. The fourth-order valence-corrected chi connectivity index (χ4v) is 2.75. The molecular weight excluding hydrogens is 236 g/mol. The van der Waals surface area contributed by atoms with Crippen molar-refractivity contribution >= 4 is 11.6 Å². The van der Waals surface area contributed by atoms with Crippen molar-refractivity contribution in [2.24, 2.45) is 11.8 Å². The van der Waals surface area contributed by atoms with Gasteiger partial charge in [0.25, 0.3) is 0 Å². The molecule has 3 unspecified atom stereocenters. The SMILES string of the molecule is CCc1nc(N)c(C)c(NC2CCC(C)C(C)C2)n1. The van der Waals surface area contributed by atoms with E-state index in [9.17, 15) is 0 Å². The van der Waals surface area contributed by atoms with Crippen LogP contribution in [-0.2, 0) is 6.42 Å². The summed E-state index contributed by atoms with van der Waals surface area (Å²) in [5.41, 5.74) is 6.94. The molecule has 4 heteroatoms. The first-order valence-electron chi connectivity index (χ1n) is 7.40. The number of hydrogen-bond acceptors (Lipinski definition) is 4. The molecule has 0 aromatic carbocycles. The number of hydrogen-bond donors (Lipinski definition) is 2. The first-order chi connectivity index (χ1) is 9.01. The summed E-state index contributed by atoms with van der Waals surface area (Å²) in [7, 11) is 0. The predicted octanol–water partition coefficient (Wildman–Crippen LogP) is 3.17. The summed E-state index contributed by atoms with van der Waals surface area (Å²) in [6, 6.07) is 0.518. The molecule has 1 saturated carbocycles. The van der Waals surface area contributed by atoms with E-state index in [1.54, 1.807) is 0 Å². The van der Waals surface area contributed by atoms with Gasteiger partial charge in [-0.15, -0.1) is 0 Å². The number of aromatic nitrogens is 2. The van der Waals surface area contributed by atoms with Crippen molar-refractivity contribution in [2.75, 3.05) is 11.1 Å². The van der Waals surface area contributed by atoms with Gasteiger partial charge in [0.1, 0.15) is 17.5 Å². The summed E-state index contributed by atoms with van der Waals surface area (Å²) in [5.74, 6) is 3.96. The molecule has 0 radical (unpaired) electrons. The number of aryl methyl sites for hydroxylation is 1. The van der Waals surface area contributed by atoms with E-state index >= 15 is 0 Å². The molecule has 0 amide bonds. The van der Waals surface area contributed by atoms with Crippen molar-refractivity contribution in [1.29, 1.82) is 0 Å². The van der Waals surface area contributed by atoms with E-state index in [-0.39, 0.29) is 0 Å². The van der Waals surface area contributed by atoms with E-state index in [2.05, 4.69) is 36.1 Å². The van der Waals surface area contributed by atoms with E-state index in [1.807, 2.05) is 6.92 Å². The van der Waals surface area contributed by atoms with E-state index in [0.29, 0.717) is 11.9 Å². The van der Waals surface area contributed by atoms with Gasteiger partial charge in [-0.1, -0.05) is 20.8 Å². The molecule has 0 bridgehead atoms. The maximum absolute atomic E-state index is 5.96. The Morgan fingerprint density at radius 3 is 2.58 bits per heavy atom. The van der Waals surface area contributed by atoms with Crippen LogP contribution in [0.2, 0.25) is 0 Å². The van der Waals surface area contributed by atoms with Crippen LogP contribution in [0.3, 0.4) is 0 Å². The highest BCUT2D eigenvalue weighted by Crippen LogP contribution is 2.31. The lowest BCUT2D eigenvalue weighted by Gasteiger charge is -2.33. The fourth-order valence-electron chi connectivity index (χ4n) is 2.75. The first-order valence-corrected chi connectivity index (χ1v) is 7.40. The molecule has 4 nitrogen and oxygen atoms in total. The fraction of sp³-hybridized carbons (Fsp3) is 0.733. The highest BCUT2D eigenvalue weighted by atomic mass is 15.1. The summed E-state index contributed by atoms with van der Waals surface area (Å²) in [4.78, 5) is 8.89. The average molecular weight is 262 g/mol. The van der Waals surface area contributed by atoms with Gasteiger partial charge < -0.3 is 11.1 Å². The van der Waals surface area contributed by atoms with Crippen LogP contribution in [0.15, 0.2) is 0 Å². The number of rotatable bonds is 3. The zero-order valence-corrected chi connectivity index (χ0v) is 12.5. The molecule has 1 fully saturated rings. The number of nitrogens with two attached hydrogens (primary N) is 1. The monoisotopic (exact) mass is 262 g/mol. The zero-order valence-electron chi connectivity index (χ0n) is 12.5.